The monoisotopic (exact) mass is 2000 g/mol. The molecule has 15 heteroatoms. The molecule has 4 fully saturated rings. The van der Waals surface area contributed by atoms with Crippen LogP contribution in [0.25, 0.3) is 24.3 Å². The zero-order valence-electron chi connectivity index (χ0n) is 88.2. The number of hydrogen-bond donors (Lipinski definition) is 0. The van der Waals surface area contributed by atoms with Crippen molar-refractivity contribution < 1.29 is 66.3 Å². The summed E-state index contributed by atoms with van der Waals surface area (Å²) in [6.07, 6.45) is 34.7. The molecule has 1 aromatic heterocycles. The van der Waals surface area contributed by atoms with E-state index in [4.69, 9.17) is 42.3 Å². The van der Waals surface area contributed by atoms with Crippen LogP contribution in [-0.2, 0) is 40.3 Å². The van der Waals surface area contributed by atoms with E-state index in [9.17, 15) is 28.8 Å². The van der Waals surface area contributed by atoms with Gasteiger partial charge in [0.05, 0.1) is 60.3 Å². The molecule has 2 atom stereocenters. The molecule has 2 spiro atoms. The highest BCUT2D eigenvalue weighted by Gasteiger charge is 2.52. The Balaban J connectivity index is 0.000000149. The van der Waals surface area contributed by atoms with Crippen LogP contribution < -0.4 is 29.3 Å². The maximum Gasteiger partial charge on any atom is 0.343 e. The van der Waals surface area contributed by atoms with Crippen LogP contribution in [0, 0.1) is 111 Å². The highest BCUT2D eigenvalue weighted by Crippen LogP contribution is 2.58. The Morgan fingerprint density at radius 3 is 0.933 bits per heavy atom. The van der Waals surface area contributed by atoms with Crippen molar-refractivity contribution in [2.24, 2.45) is 34.5 Å². The molecule has 0 aliphatic heterocycles. The average Bonchev–Trinajstić information content (AvgIpc) is 1.59. The largest absolute Gasteiger partial charge is 0.493 e. The fourth-order valence-corrected chi connectivity index (χ4v) is 15.5. The summed E-state index contributed by atoms with van der Waals surface area (Å²) in [6, 6.07) is 102. The minimum atomic E-state index is -0.540. The van der Waals surface area contributed by atoms with Crippen molar-refractivity contribution in [2.45, 2.75) is 141 Å². The van der Waals surface area contributed by atoms with Gasteiger partial charge in [-0.05, 0) is 293 Å². The summed E-state index contributed by atoms with van der Waals surface area (Å²) in [5.41, 5.74) is 24.5. The van der Waals surface area contributed by atoms with Gasteiger partial charge in [0.1, 0.15) is 47.7 Å². The van der Waals surface area contributed by atoms with Crippen molar-refractivity contribution in [3.8, 4) is 28.7 Å². The number of benzene rings is 13. The van der Waals surface area contributed by atoms with Gasteiger partial charge in [-0.1, -0.05) is 355 Å². The minimum absolute atomic E-state index is 0.189. The smallest absolute Gasteiger partial charge is 0.343 e. The first-order valence-electron chi connectivity index (χ1n) is 51.1. The Morgan fingerprint density at radius 1 is 0.287 bits per heavy atom. The van der Waals surface area contributed by atoms with Crippen molar-refractivity contribution >= 4 is 54.2 Å². The van der Waals surface area contributed by atoms with E-state index in [1.54, 1.807) is 78.7 Å². The molecule has 0 bridgehead atoms. The van der Waals surface area contributed by atoms with Crippen LogP contribution in [0.2, 0.25) is 0 Å². The molecule has 15 nitrogen and oxygen atoms in total. The number of esters is 5. The summed E-state index contributed by atoms with van der Waals surface area (Å²) in [5, 5.41) is 0. The lowest BCUT2D eigenvalue weighted by Gasteiger charge is -2.18. The Labute approximate surface area is 885 Å². The Morgan fingerprint density at radius 2 is 0.580 bits per heavy atom. The Kier molecular flexibility index (Phi) is 42.6. The first-order valence-corrected chi connectivity index (χ1v) is 51.1. The second-order valence-corrected chi connectivity index (χ2v) is 38.9. The third-order valence-corrected chi connectivity index (χ3v) is 25.9. The fraction of sp³-hybridized carbons (Fsp3) is 0.230. The number of fused-ring (bicyclic) bond motifs is 1. The molecule has 2 unspecified atom stereocenters. The Bertz CT molecular complexity index is 6920. The number of carbonyl (C=O) groups excluding carboxylic acids is 5. The van der Waals surface area contributed by atoms with E-state index in [-0.39, 0.29) is 41.6 Å². The molecule has 21 rings (SSSR count). The van der Waals surface area contributed by atoms with E-state index in [0.29, 0.717) is 82.3 Å². The van der Waals surface area contributed by atoms with Crippen molar-refractivity contribution in [3.63, 3.8) is 0 Å². The van der Waals surface area contributed by atoms with E-state index in [1.165, 1.54) is 84.4 Å². The normalized spacial score (nSPS) is 14.1. The number of ether oxygens (including phenoxy) is 8. The van der Waals surface area contributed by atoms with Gasteiger partial charge in [-0.15, -0.1) is 0 Å². The van der Waals surface area contributed by atoms with E-state index < -0.39 is 11.6 Å². The van der Waals surface area contributed by atoms with Crippen LogP contribution in [0.5, 0.6) is 28.7 Å². The second kappa shape index (κ2) is 57.0. The predicted octanol–water partition coefficient (Wildman–Crippen LogP) is 31.4. The molecule has 150 heavy (non-hydrogen) atoms. The number of aryl methyl sites for hydroxylation is 13. The Hall–Kier alpha value is -16.5. The quantitative estimate of drug-likeness (QED) is 0.0282. The lowest BCUT2D eigenvalue weighted by Crippen LogP contribution is -2.10. The van der Waals surface area contributed by atoms with Crippen LogP contribution in [0.4, 0.5) is 0 Å². The zero-order valence-corrected chi connectivity index (χ0v) is 88.2. The third kappa shape index (κ3) is 38.4. The summed E-state index contributed by atoms with van der Waals surface area (Å²) in [7, 11) is 0. The molecular formula is C135H138O15. The molecule has 0 saturated heterocycles. The van der Waals surface area contributed by atoms with E-state index in [0.717, 1.165) is 105 Å². The van der Waals surface area contributed by atoms with Gasteiger partial charge in [-0.3, -0.25) is 0 Å². The van der Waals surface area contributed by atoms with Gasteiger partial charge in [0.2, 0.25) is 0 Å². The number of hydrogen-bond acceptors (Lipinski definition) is 15. The number of allylic oxidation sites excluding steroid dienone is 8. The summed E-state index contributed by atoms with van der Waals surface area (Å²) in [6.45, 7) is 40.5. The van der Waals surface area contributed by atoms with Crippen molar-refractivity contribution in [3.05, 3.63) is 541 Å². The molecule has 0 amide bonds. The molecule has 768 valence electrons. The van der Waals surface area contributed by atoms with Crippen molar-refractivity contribution in [1.29, 1.82) is 0 Å². The molecule has 4 saturated carbocycles. The van der Waals surface area contributed by atoms with Crippen molar-refractivity contribution in [2.75, 3.05) is 26.4 Å². The topological polar surface area (TPSA) is 189 Å². The lowest BCUT2D eigenvalue weighted by atomic mass is 9.88. The SMILES string of the molecule is C=Cc1ccc(C)cc1.C=Cc1ccc(COC(=O)c2ccc(C)cc2)cc1.C=Cc1ccc(COc2ccc(C)cc2)cc1.C=Cc1ccc(OC(=O)c2ccc(C)cc2)cc1.Cc1ccc(C(=O)OCC2CC2)cc1.Cc1ccc(C(=O)OCC2CC23C=CC=C3)cc1.Cc1ccc(C(=O)Oc2cc(C)oc(=O)c2)cc1.Cc1ccc(OCC2CC2)cc1.Cc1ccc(OCC2CC23C=CC=C3)cc1.Cc1ccc2c(c1)CC2. The van der Waals surface area contributed by atoms with Gasteiger partial charge in [0.15, 0.2) is 0 Å². The number of rotatable bonds is 26. The first-order chi connectivity index (χ1) is 72.5. The van der Waals surface area contributed by atoms with Gasteiger partial charge in [0, 0.05) is 28.7 Å². The fourth-order valence-electron chi connectivity index (χ4n) is 15.5. The van der Waals surface area contributed by atoms with E-state index >= 15 is 0 Å². The summed E-state index contributed by atoms with van der Waals surface area (Å²) >= 11 is 0. The van der Waals surface area contributed by atoms with E-state index in [1.807, 2.05) is 217 Å². The van der Waals surface area contributed by atoms with Gasteiger partial charge >= 0.3 is 35.5 Å². The maximum absolute atomic E-state index is 11.8. The predicted molar refractivity (Wildman–Crippen MR) is 607 cm³/mol. The summed E-state index contributed by atoms with van der Waals surface area (Å²) in [4.78, 5) is 69.9. The highest BCUT2D eigenvalue weighted by atomic mass is 16.6. The molecule has 0 radical (unpaired) electrons. The second-order valence-electron chi connectivity index (χ2n) is 38.9. The lowest BCUT2D eigenvalue weighted by molar-refractivity contribution is 0.0466. The third-order valence-electron chi connectivity index (χ3n) is 25.9. The highest BCUT2D eigenvalue weighted by molar-refractivity contribution is 5.93. The van der Waals surface area contributed by atoms with Gasteiger partial charge in [-0.2, -0.15) is 0 Å². The standard InChI is InChI=1S/C17H16O2.C16H16O2.C16H14O2.C16H16O.C15H16O.C14H12O4.C12H14O2.C11H14O.2C9H10/c1-3-14-6-8-15(9-7-14)12-19-17(18)16-10-4-13(2)5-11-16;1-12-4-6-13(7-5-12)15(17)18-11-14-10-16(14)8-2-3-9-16;1-3-13-6-10-15(11-7-13)18-16(17)14-8-4-12(2)5-9-14;1-3-14-6-8-15(9-7-14)12-17-16-10-4-13(2)5-11-16;1-12-4-6-14(7-5-12)16-11-13-10-15(13)8-2-3-9-15;1-9-3-5-11(6-4-9)14(16)18-12-7-10(2)17-13(15)8-12;1-9-2-6-11(7-3-9)12(13)14-8-10-4-5-10;1-9-2-6-11(7-3-9)12-8-10-4-5-10;1-7-2-3-8-4-5-9(8)6-7;1-3-9-6-4-8(2)5-7-9/h3-11H,1,12H2,2H3;2-9,14H,10-11H2,1H3;3-11H,1H2,2H3;3-11H,1,12H2,2H3;2-9,13H,10-11H2,1H3;3-8H,1-2H3;2-3,6-7,10H,4-5,8H2,1H3;2-3,6-7,10H,4-5,8H2,1H3;2-3,6H,4-5H2,1H3;3-7H,1H2,2H3. The van der Waals surface area contributed by atoms with Gasteiger partial charge in [-0.25, -0.2) is 28.8 Å². The molecule has 1 heterocycles. The molecular weight excluding hydrogens is 1860 g/mol. The average molecular weight is 2000 g/mol. The van der Waals surface area contributed by atoms with Gasteiger partial charge in [0.25, 0.3) is 0 Å². The van der Waals surface area contributed by atoms with Crippen LogP contribution >= 0.6 is 0 Å². The first kappa shape index (κ1) is 112. The maximum atomic E-state index is 11.8. The summed E-state index contributed by atoms with van der Waals surface area (Å²) in [5.74, 6) is 5.06. The molecule has 7 aliphatic rings. The van der Waals surface area contributed by atoms with Crippen molar-refractivity contribution in [1.82, 2.24) is 0 Å². The summed E-state index contributed by atoms with van der Waals surface area (Å²) < 4.78 is 48.0. The zero-order chi connectivity index (χ0) is 107. The molecule has 14 aromatic rings. The van der Waals surface area contributed by atoms with Crippen LogP contribution in [0.3, 0.4) is 0 Å². The number of carbonyl (C=O) groups is 5. The minimum Gasteiger partial charge on any atom is -0.493 e. The van der Waals surface area contributed by atoms with E-state index in [2.05, 4.69) is 201 Å². The molecule has 7 aliphatic carbocycles. The molecule has 13 aromatic carbocycles. The van der Waals surface area contributed by atoms with Crippen LogP contribution in [-0.4, -0.2) is 56.3 Å². The van der Waals surface area contributed by atoms with Gasteiger partial charge < -0.3 is 42.3 Å². The van der Waals surface area contributed by atoms with Crippen LogP contribution in [0.1, 0.15) is 196 Å². The van der Waals surface area contributed by atoms with Crippen LogP contribution in [0.15, 0.2) is 406 Å². The molecule has 0 N–H and O–H groups in total.